The van der Waals surface area contributed by atoms with Gasteiger partial charge in [0, 0.05) is 18.2 Å². The van der Waals surface area contributed by atoms with Crippen LogP contribution in [-0.2, 0) is 4.79 Å². The number of carbonyl (C=O) groups is 3. The van der Waals surface area contributed by atoms with Gasteiger partial charge in [-0.1, -0.05) is 42.5 Å². The Morgan fingerprint density at radius 1 is 0.710 bits per heavy atom. The quantitative estimate of drug-likeness (QED) is 0.486. The van der Waals surface area contributed by atoms with Crippen LogP contribution < -0.4 is 9.64 Å². The van der Waals surface area contributed by atoms with Crippen molar-refractivity contribution in [2.45, 2.75) is 0 Å². The number of fused-ring (bicyclic) bond motifs is 2. The average molecular weight is 410 g/mol. The Morgan fingerprint density at radius 3 is 1.90 bits per heavy atom. The van der Waals surface area contributed by atoms with E-state index in [-0.39, 0.29) is 17.2 Å². The Bertz CT molecular complexity index is 1270. The van der Waals surface area contributed by atoms with Crippen molar-refractivity contribution in [2.24, 2.45) is 0 Å². The van der Waals surface area contributed by atoms with Gasteiger partial charge in [0.15, 0.2) is 0 Å². The fraction of sp³-hybridized carbons (Fsp3) is 0.0800. The standard InChI is InChI=1S/C25H18N2O4/c1-26-19-13-7-5-11-17(19)21(25(26)30)22(18-12-6-8-14-20(18)31-2)27-23(28)15-9-3-4-10-16(15)24(27)29/h3-14H,1-2H3/b22-21+. The molecule has 0 radical (unpaired) electrons. The van der Waals surface area contributed by atoms with Crippen LogP contribution in [0.1, 0.15) is 31.8 Å². The van der Waals surface area contributed by atoms with Crippen molar-refractivity contribution < 1.29 is 19.1 Å². The zero-order valence-electron chi connectivity index (χ0n) is 17.0. The lowest BCUT2D eigenvalue weighted by Gasteiger charge is -2.22. The summed E-state index contributed by atoms with van der Waals surface area (Å²) in [5, 5.41) is 0. The maximum atomic E-state index is 13.4. The van der Waals surface area contributed by atoms with Crippen LogP contribution in [0.2, 0.25) is 0 Å². The van der Waals surface area contributed by atoms with Crippen LogP contribution >= 0.6 is 0 Å². The summed E-state index contributed by atoms with van der Waals surface area (Å²) in [6.07, 6.45) is 0. The molecule has 0 N–H and O–H groups in total. The third-order valence-corrected chi connectivity index (χ3v) is 5.67. The lowest BCUT2D eigenvalue weighted by atomic mass is 9.98. The topological polar surface area (TPSA) is 66.9 Å². The van der Waals surface area contributed by atoms with Crippen molar-refractivity contribution in [3.05, 3.63) is 95.1 Å². The van der Waals surface area contributed by atoms with Crippen LogP contribution in [0.4, 0.5) is 5.69 Å². The zero-order valence-corrected chi connectivity index (χ0v) is 17.0. The molecular formula is C25H18N2O4. The van der Waals surface area contributed by atoms with E-state index in [9.17, 15) is 14.4 Å². The van der Waals surface area contributed by atoms with Crippen LogP contribution in [0.3, 0.4) is 0 Å². The molecule has 0 saturated heterocycles. The molecule has 31 heavy (non-hydrogen) atoms. The van der Waals surface area contributed by atoms with Gasteiger partial charge in [0.25, 0.3) is 17.7 Å². The van der Waals surface area contributed by atoms with Gasteiger partial charge < -0.3 is 9.64 Å². The van der Waals surface area contributed by atoms with E-state index in [2.05, 4.69) is 0 Å². The summed E-state index contributed by atoms with van der Waals surface area (Å²) in [7, 11) is 3.19. The highest BCUT2D eigenvalue weighted by atomic mass is 16.5. The van der Waals surface area contributed by atoms with Gasteiger partial charge >= 0.3 is 0 Å². The number of anilines is 1. The minimum Gasteiger partial charge on any atom is -0.496 e. The molecule has 2 aliphatic heterocycles. The van der Waals surface area contributed by atoms with Crippen molar-refractivity contribution in [3.63, 3.8) is 0 Å². The number of benzene rings is 3. The summed E-state index contributed by atoms with van der Waals surface area (Å²) in [5.41, 5.74) is 3.01. The molecule has 0 saturated carbocycles. The summed E-state index contributed by atoms with van der Waals surface area (Å²) < 4.78 is 5.53. The molecule has 6 heteroatoms. The fourth-order valence-corrected chi connectivity index (χ4v) is 4.20. The maximum absolute atomic E-state index is 13.4. The van der Waals surface area contributed by atoms with E-state index in [1.165, 1.54) is 12.0 Å². The Labute approximate surface area is 179 Å². The molecule has 0 aliphatic carbocycles. The number of nitrogens with zero attached hydrogens (tertiary/aromatic N) is 2. The van der Waals surface area contributed by atoms with Gasteiger partial charge in [0.2, 0.25) is 0 Å². The molecule has 152 valence electrons. The first-order valence-electron chi connectivity index (χ1n) is 9.77. The lowest BCUT2D eigenvalue weighted by molar-refractivity contribution is -0.112. The van der Waals surface area contributed by atoms with Gasteiger partial charge in [-0.05, 0) is 30.3 Å². The number of imide groups is 1. The van der Waals surface area contributed by atoms with Gasteiger partial charge in [0.1, 0.15) is 5.75 Å². The molecule has 0 aromatic heterocycles. The van der Waals surface area contributed by atoms with Crippen LogP contribution in [0.5, 0.6) is 5.75 Å². The number of rotatable bonds is 3. The summed E-state index contributed by atoms with van der Waals surface area (Å²) in [5.74, 6) is -0.761. The second-order valence-corrected chi connectivity index (χ2v) is 7.30. The van der Waals surface area contributed by atoms with E-state index >= 15 is 0 Å². The van der Waals surface area contributed by atoms with Crippen molar-refractivity contribution in [1.82, 2.24) is 4.90 Å². The normalized spacial score (nSPS) is 16.5. The maximum Gasteiger partial charge on any atom is 0.266 e. The van der Waals surface area contributed by atoms with Gasteiger partial charge in [-0.25, -0.2) is 4.90 Å². The molecule has 2 aliphatic rings. The van der Waals surface area contributed by atoms with Crippen molar-refractivity contribution >= 4 is 34.7 Å². The molecule has 0 bridgehead atoms. The number of ether oxygens (including phenoxy) is 1. The van der Waals surface area contributed by atoms with E-state index in [0.29, 0.717) is 33.7 Å². The Morgan fingerprint density at radius 2 is 1.26 bits per heavy atom. The zero-order chi connectivity index (χ0) is 21.7. The third kappa shape index (κ3) is 2.61. The van der Waals surface area contributed by atoms with E-state index in [0.717, 1.165) is 4.90 Å². The molecule has 6 nitrogen and oxygen atoms in total. The average Bonchev–Trinajstić information content (AvgIpc) is 3.21. The Kier molecular flexibility index (Phi) is 4.22. The van der Waals surface area contributed by atoms with E-state index in [1.54, 1.807) is 55.6 Å². The summed E-state index contributed by atoms with van der Waals surface area (Å²) in [6, 6.07) is 21.1. The van der Waals surface area contributed by atoms with Crippen LogP contribution in [-0.4, -0.2) is 36.8 Å². The number of carbonyl (C=O) groups excluding carboxylic acids is 3. The molecule has 3 amide bonds. The first kappa shape index (κ1) is 18.8. The minimum atomic E-state index is -0.464. The van der Waals surface area contributed by atoms with Crippen molar-refractivity contribution in [1.29, 1.82) is 0 Å². The van der Waals surface area contributed by atoms with E-state index in [4.69, 9.17) is 4.74 Å². The largest absolute Gasteiger partial charge is 0.496 e. The Balaban J connectivity index is 1.86. The van der Waals surface area contributed by atoms with Crippen LogP contribution in [0.15, 0.2) is 72.8 Å². The first-order valence-corrected chi connectivity index (χ1v) is 9.77. The molecule has 2 heterocycles. The highest BCUT2D eigenvalue weighted by Gasteiger charge is 2.43. The molecule has 5 rings (SSSR count). The monoisotopic (exact) mass is 410 g/mol. The van der Waals surface area contributed by atoms with Crippen molar-refractivity contribution in [3.8, 4) is 5.75 Å². The SMILES string of the molecule is COc1ccccc1/C(=C1\C(=O)N(C)c2ccccc21)N1C(=O)c2ccccc2C1=O. The number of hydrogen-bond acceptors (Lipinski definition) is 4. The molecule has 0 atom stereocenters. The van der Waals surface area contributed by atoms with Crippen molar-refractivity contribution in [2.75, 3.05) is 19.1 Å². The van der Waals surface area contributed by atoms with E-state index < -0.39 is 11.8 Å². The highest BCUT2D eigenvalue weighted by molar-refractivity contribution is 6.40. The molecule has 0 spiro atoms. The lowest BCUT2D eigenvalue weighted by Crippen LogP contribution is -2.31. The predicted octanol–water partition coefficient (Wildman–Crippen LogP) is 3.84. The first-order chi connectivity index (χ1) is 15.0. The third-order valence-electron chi connectivity index (χ3n) is 5.67. The van der Waals surface area contributed by atoms with Crippen LogP contribution in [0.25, 0.3) is 11.3 Å². The number of likely N-dealkylation sites (N-methyl/N-ethyl adjacent to an activating group) is 1. The summed E-state index contributed by atoms with van der Waals surface area (Å²) in [6.45, 7) is 0. The molecule has 0 unspecified atom stereocenters. The second kappa shape index (κ2) is 6.95. The van der Waals surface area contributed by atoms with Gasteiger partial charge in [-0.2, -0.15) is 0 Å². The molecule has 3 aromatic rings. The Hall–Kier alpha value is -4.19. The summed E-state index contributed by atoms with van der Waals surface area (Å²) >= 11 is 0. The van der Waals surface area contributed by atoms with Gasteiger partial charge in [-0.15, -0.1) is 0 Å². The fourth-order valence-electron chi connectivity index (χ4n) is 4.20. The number of methoxy groups -OCH3 is 1. The number of hydrogen-bond donors (Lipinski definition) is 0. The van der Waals surface area contributed by atoms with Gasteiger partial charge in [0.05, 0.1) is 35.2 Å². The molecule has 3 aromatic carbocycles. The minimum absolute atomic E-state index is 0.227. The molecular weight excluding hydrogens is 392 g/mol. The number of amides is 3. The van der Waals surface area contributed by atoms with E-state index in [1.807, 2.05) is 24.3 Å². The van der Waals surface area contributed by atoms with Crippen LogP contribution in [0, 0.1) is 0 Å². The smallest absolute Gasteiger partial charge is 0.266 e. The predicted molar refractivity (Wildman–Crippen MR) is 117 cm³/mol. The van der Waals surface area contributed by atoms with Gasteiger partial charge in [-0.3, -0.25) is 14.4 Å². The number of para-hydroxylation sites is 2. The molecule has 0 fully saturated rings. The highest BCUT2D eigenvalue weighted by Crippen LogP contribution is 2.44. The summed E-state index contributed by atoms with van der Waals surface area (Å²) in [4.78, 5) is 42.8. The second-order valence-electron chi connectivity index (χ2n) is 7.30.